The number of hydrogen-bond donors (Lipinski definition) is 0. The van der Waals surface area contributed by atoms with Gasteiger partial charge in [-0.1, -0.05) is 48.0 Å². The van der Waals surface area contributed by atoms with E-state index in [0.29, 0.717) is 5.56 Å². The minimum absolute atomic E-state index is 0.0244. The van der Waals surface area contributed by atoms with Gasteiger partial charge in [-0.2, -0.15) is 4.31 Å². The number of amides is 1. The number of nitro groups is 1. The Balaban J connectivity index is 1.58. The summed E-state index contributed by atoms with van der Waals surface area (Å²) in [7, 11) is -3.46. The maximum absolute atomic E-state index is 12.6. The zero-order chi connectivity index (χ0) is 21.7. The smallest absolute Gasteiger partial charge is 0.288 e. The third kappa shape index (κ3) is 5.44. The van der Waals surface area contributed by atoms with Crippen LogP contribution in [0.1, 0.15) is 11.1 Å². The molecule has 1 heterocycles. The van der Waals surface area contributed by atoms with Crippen LogP contribution in [0.2, 0.25) is 5.02 Å². The van der Waals surface area contributed by atoms with E-state index in [2.05, 4.69) is 0 Å². The Morgan fingerprint density at radius 2 is 1.77 bits per heavy atom. The van der Waals surface area contributed by atoms with E-state index in [-0.39, 0.29) is 48.5 Å². The lowest BCUT2D eigenvalue weighted by molar-refractivity contribution is -0.384. The van der Waals surface area contributed by atoms with Crippen LogP contribution in [0.25, 0.3) is 6.08 Å². The fourth-order valence-corrected chi connectivity index (χ4v) is 4.81. The van der Waals surface area contributed by atoms with Gasteiger partial charge in [0.1, 0.15) is 5.02 Å². The summed E-state index contributed by atoms with van der Waals surface area (Å²) in [4.78, 5) is 24.3. The number of benzene rings is 2. The average molecular weight is 450 g/mol. The van der Waals surface area contributed by atoms with Gasteiger partial charge in [-0.25, -0.2) is 8.42 Å². The molecule has 1 fully saturated rings. The predicted molar refractivity (Wildman–Crippen MR) is 114 cm³/mol. The van der Waals surface area contributed by atoms with Crippen LogP contribution in [-0.2, 0) is 20.6 Å². The van der Waals surface area contributed by atoms with Crippen LogP contribution in [0, 0.1) is 10.1 Å². The van der Waals surface area contributed by atoms with Crippen LogP contribution in [-0.4, -0.2) is 54.6 Å². The van der Waals surface area contributed by atoms with Gasteiger partial charge in [-0.05, 0) is 23.3 Å². The zero-order valence-corrected chi connectivity index (χ0v) is 17.6. The number of halogens is 1. The van der Waals surface area contributed by atoms with Gasteiger partial charge in [-0.15, -0.1) is 0 Å². The van der Waals surface area contributed by atoms with Crippen molar-refractivity contribution in [2.24, 2.45) is 0 Å². The summed E-state index contributed by atoms with van der Waals surface area (Å²) in [5.74, 6) is -0.357. The molecule has 0 N–H and O–H groups in total. The van der Waals surface area contributed by atoms with E-state index >= 15 is 0 Å². The molecule has 1 aliphatic heterocycles. The molecule has 0 aliphatic carbocycles. The number of nitrogens with zero attached hydrogens (tertiary/aromatic N) is 3. The molecule has 158 valence electrons. The average Bonchev–Trinajstić information content (AvgIpc) is 2.73. The van der Waals surface area contributed by atoms with Gasteiger partial charge in [0, 0.05) is 38.3 Å². The molecule has 0 spiro atoms. The van der Waals surface area contributed by atoms with E-state index in [1.54, 1.807) is 35.2 Å². The predicted octanol–water partition coefficient (Wildman–Crippen LogP) is 2.94. The highest BCUT2D eigenvalue weighted by molar-refractivity contribution is 7.88. The van der Waals surface area contributed by atoms with Crippen molar-refractivity contribution in [3.05, 3.63) is 80.9 Å². The Kier molecular flexibility index (Phi) is 6.86. The molecule has 2 aromatic carbocycles. The minimum atomic E-state index is -3.46. The van der Waals surface area contributed by atoms with Crippen molar-refractivity contribution in [3.63, 3.8) is 0 Å². The van der Waals surface area contributed by atoms with Gasteiger partial charge in [0.25, 0.3) is 5.69 Å². The molecule has 3 rings (SSSR count). The van der Waals surface area contributed by atoms with Gasteiger partial charge in [-0.3, -0.25) is 14.9 Å². The largest absolute Gasteiger partial charge is 0.337 e. The third-order valence-electron chi connectivity index (χ3n) is 4.72. The molecule has 2 aromatic rings. The first-order valence-electron chi connectivity index (χ1n) is 9.19. The second kappa shape index (κ2) is 9.38. The van der Waals surface area contributed by atoms with E-state index in [9.17, 15) is 23.3 Å². The number of sulfonamides is 1. The normalized spacial score (nSPS) is 15.4. The molecule has 0 aromatic heterocycles. The summed E-state index contributed by atoms with van der Waals surface area (Å²) in [6.07, 6.45) is 2.80. The van der Waals surface area contributed by atoms with E-state index in [4.69, 9.17) is 11.6 Å². The van der Waals surface area contributed by atoms with Crippen LogP contribution in [0.4, 0.5) is 5.69 Å². The van der Waals surface area contributed by atoms with Crippen LogP contribution in [0.5, 0.6) is 0 Å². The van der Waals surface area contributed by atoms with Crippen molar-refractivity contribution in [3.8, 4) is 0 Å². The minimum Gasteiger partial charge on any atom is -0.337 e. The molecule has 0 atom stereocenters. The van der Waals surface area contributed by atoms with Crippen molar-refractivity contribution in [1.82, 2.24) is 9.21 Å². The molecule has 1 saturated heterocycles. The number of carbonyl (C=O) groups is 1. The molecule has 0 unspecified atom stereocenters. The van der Waals surface area contributed by atoms with Crippen LogP contribution >= 0.6 is 11.6 Å². The lowest BCUT2D eigenvalue weighted by atomic mass is 10.2. The van der Waals surface area contributed by atoms with E-state index < -0.39 is 14.9 Å². The Morgan fingerprint density at radius 1 is 1.10 bits per heavy atom. The van der Waals surface area contributed by atoms with Crippen molar-refractivity contribution in [1.29, 1.82) is 0 Å². The standard InChI is InChI=1S/C20H20ClN3O5S/c21-18-8-6-16(14-19(18)24(26)27)7-9-20(25)22-10-12-23(13-11-22)30(28,29)15-17-4-2-1-3-5-17/h1-9,14H,10-13,15H2. The lowest BCUT2D eigenvalue weighted by Crippen LogP contribution is -2.50. The van der Waals surface area contributed by atoms with Crippen molar-refractivity contribution in [2.75, 3.05) is 26.2 Å². The molecule has 0 radical (unpaired) electrons. The van der Waals surface area contributed by atoms with Crippen LogP contribution in [0.3, 0.4) is 0 Å². The van der Waals surface area contributed by atoms with Crippen molar-refractivity contribution < 1.29 is 18.1 Å². The van der Waals surface area contributed by atoms with Gasteiger partial charge in [0.05, 0.1) is 10.7 Å². The summed E-state index contributed by atoms with van der Waals surface area (Å²) < 4.78 is 26.6. The fourth-order valence-electron chi connectivity index (χ4n) is 3.11. The van der Waals surface area contributed by atoms with Gasteiger partial charge < -0.3 is 4.90 Å². The second-order valence-electron chi connectivity index (χ2n) is 6.77. The van der Waals surface area contributed by atoms with E-state index in [1.165, 1.54) is 28.6 Å². The first kappa shape index (κ1) is 21.9. The highest BCUT2D eigenvalue weighted by Crippen LogP contribution is 2.25. The molecular formula is C20H20ClN3O5S. The van der Waals surface area contributed by atoms with Gasteiger partial charge in [0.2, 0.25) is 15.9 Å². The molecular weight excluding hydrogens is 430 g/mol. The van der Waals surface area contributed by atoms with Crippen LogP contribution in [0.15, 0.2) is 54.6 Å². The maximum Gasteiger partial charge on any atom is 0.288 e. The Morgan fingerprint density at radius 3 is 2.40 bits per heavy atom. The molecule has 30 heavy (non-hydrogen) atoms. The Bertz CT molecular complexity index is 1070. The quantitative estimate of drug-likeness (QED) is 0.383. The van der Waals surface area contributed by atoms with Gasteiger partial charge >= 0.3 is 0 Å². The number of hydrogen-bond acceptors (Lipinski definition) is 5. The molecule has 0 bridgehead atoms. The second-order valence-corrected chi connectivity index (χ2v) is 9.14. The summed E-state index contributed by atoms with van der Waals surface area (Å²) in [6, 6.07) is 13.2. The fraction of sp³-hybridized carbons (Fsp3) is 0.250. The molecule has 1 aliphatic rings. The molecule has 8 nitrogen and oxygen atoms in total. The number of carbonyl (C=O) groups excluding carboxylic acids is 1. The van der Waals surface area contributed by atoms with Crippen molar-refractivity contribution >= 4 is 39.3 Å². The first-order valence-corrected chi connectivity index (χ1v) is 11.2. The molecule has 1 amide bonds. The third-order valence-corrected chi connectivity index (χ3v) is 6.89. The summed E-state index contributed by atoms with van der Waals surface area (Å²) in [6.45, 7) is 0.998. The highest BCUT2D eigenvalue weighted by atomic mass is 35.5. The maximum atomic E-state index is 12.6. The van der Waals surface area contributed by atoms with Crippen molar-refractivity contribution in [2.45, 2.75) is 5.75 Å². The summed E-state index contributed by atoms with van der Waals surface area (Å²) in [5.41, 5.74) is 0.961. The number of nitro benzene ring substituents is 1. The number of rotatable bonds is 6. The zero-order valence-electron chi connectivity index (χ0n) is 16.0. The lowest BCUT2D eigenvalue weighted by Gasteiger charge is -2.33. The van der Waals surface area contributed by atoms with E-state index in [1.807, 2.05) is 6.07 Å². The monoisotopic (exact) mass is 449 g/mol. The molecule has 10 heteroatoms. The van der Waals surface area contributed by atoms with Crippen LogP contribution < -0.4 is 0 Å². The highest BCUT2D eigenvalue weighted by Gasteiger charge is 2.28. The van der Waals surface area contributed by atoms with E-state index in [0.717, 1.165) is 5.56 Å². The topological polar surface area (TPSA) is 101 Å². The Hall–Kier alpha value is -2.75. The Labute approximate surface area is 179 Å². The summed E-state index contributed by atoms with van der Waals surface area (Å²) in [5, 5.41) is 11.0. The van der Waals surface area contributed by atoms with Gasteiger partial charge in [0.15, 0.2) is 0 Å². The SMILES string of the molecule is O=C(C=Cc1ccc(Cl)c([N+](=O)[O-])c1)N1CCN(S(=O)(=O)Cc2ccccc2)CC1. The summed E-state index contributed by atoms with van der Waals surface area (Å²) >= 11 is 5.78. The number of piperazine rings is 1. The molecule has 0 saturated carbocycles. The first-order chi connectivity index (χ1) is 14.3.